The van der Waals surface area contributed by atoms with Crippen molar-refractivity contribution < 1.29 is 8.42 Å². The summed E-state index contributed by atoms with van der Waals surface area (Å²) < 4.78 is 29.4. The van der Waals surface area contributed by atoms with E-state index in [4.69, 9.17) is 0 Å². The Hall–Kier alpha value is -0.850. The van der Waals surface area contributed by atoms with E-state index >= 15 is 0 Å². The van der Waals surface area contributed by atoms with Crippen LogP contribution in [0, 0.1) is 5.92 Å². The minimum Gasteiger partial charge on any atom is -0.346 e. The van der Waals surface area contributed by atoms with Crippen LogP contribution >= 0.6 is 0 Å². The molecule has 21 heavy (non-hydrogen) atoms. The minimum atomic E-state index is -3.39. The topological polar surface area (TPSA) is 63.1 Å². The zero-order chi connectivity index (χ0) is 15.5. The van der Waals surface area contributed by atoms with Gasteiger partial charge in [0.25, 0.3) is 0 Å². The Morgan fingerprint density at radius 1 is 1.38 bits per heavy atom. The van der Waals surface area contributed by atoms with Crippen molar-refractivity contribution in [3.05, 3.63) is 18.0 Å². The molecule has 1 heterocycles. The van der Waals surface area contributed by atoms with Gasteiger partial charge in [0.05, 0.1) is 4.90 Å². The molecule has 0 atom stereocenters. The predicted octanol–water partition coefficient (Wildman–Crippen LogP) is 2.26. The molecular weight excluding hydrogens is 286 g/mol. The van der Waals surface area contributed by atoms with Gasteiger partial charge in [-0.25, -0.2) is 13.1 Å². The van der Waals surface area contributed by atoms with Crippen LogP contribution in [-0.2, 0) is 16.6 Å². The van der Waals surface area contributed by atoms with Gasteiger partial charge in [0.1, 0.15) is 0 Å². The lowest BCUT2D eigenvalue weighted by Gasteiger charge is -2.12. The summed E-state index contributed by atoms with van der Waals surface area (Å²) >= 11 is 0. The van der Waals surface area contributed by atoms with E-state index in [0.29, 0.717) is 18.0 Å². The summed E-state index contributed by atoms with van der Waals surface area (Å²) in [6.07, 6.45) is 6.44. The van der Waals surface area contributed by atoms with Gasteiger partial charge in [-0.1, -0.05) is 12.8 Å². The van der Waals surface area contributed by atoms with E-state index in [-0.39, 0.29) is 6.04 Å². The highest BCUT2D eigenvalue weighted by molar-refractivity contribution is 7.89. The molecular formula is C15H27N3O2S. The summed E-state index contributed by atoms with van der Waals surface area (Å²) in [5.41, 5.74) is 0.992. The standard InChI is InChI=1S/C15H27N3O2S/c1-12(2)18-11-15(9-14(18)10-16-3)21(19,20)17-8-4-5-13-6-7-13/h9,11-13,16-17H,4-8,10H2,1-3H3. The van der Waals surface area contributed by atoms with E-state index in [1.165, 1.54) is 12.8 Å². The van der Waals surface area contributed by atoms with Crippen molar-refractivity contribution in [3.63, 3.8) is 0 Å². The summed E-state index contributed by atoms with van der Waals surface area (Å²) in [6, 6.07) is 2.01. The Morgan fingerprint density at radius 2 is 2.10 bits per heavy atom. The second kappa shape index (κ2) is 6.94. The molecule has 1 fully saturated rings. The summed E-state index contributed by atoms with van der Waals surface area (Å²) in [5.74, 6) is 0.846. The van der Waals surface area contributed by atoms with Crippen LogP contribution in [0.25, 0.3) is 0 Å². The average molecular weight is 313 g/mol. The highest BCUT2D eigenvalue weighted by Gasteiger charge is 2.22. The molecule has 1 aromatic rings. The summed E-state index contributed by atoms with van der Waals surface area (Å²) in [6.45, 7) is 5.31. The molecule has 2 rings (SSSR count). The van der Waals surface area contributed by atoms with Crippen molar-refractivity contribution >= 4 is 10.0 Å². The third-order valence-corrected chi connectivity index (χ3v) is 5.34. The second-order valence-corrected chi connectivity index (χ2v) is 7.95. The number of nitrogens with one attached hydrogen (secondary N) is 2. The van der Waals surface area contributed by atoms with E-state index in [0.717, 1.165) is 24.5 Å². The van der Waals surface area contributed by atoms with Crippen molar-refractivity contribution in [2.24, 2.45) is 5.92 Å². The van der Waals surface area contributed by atoms with E-state index in [1.54, 1.807) is 12.3 Å². The molecule has 1 aromatic heterocycles. The normalized spacial score (nSPS) is 15.8. The maximum Gasteiger partial charge on any atom is 0.242 e. The number of aromatic nitrogens is 1. The first-order chi connectivity index (χ1) is 9.94. The molecule has 0 bridgehead atoms. The van der Waals surface area contributed by atoms with Crippen LogP contribution in [0.15, 0.2) is 17.2 Å². The molecule has 2 N–H and O–H groups in total. The first-order valence-corrected chi connectivity index (χ1v) is 9.27. The highest BCUT2D eigenvalue weighted by Crippen LogP contribution is 2.33. The van der Waals surface area contributed by atoms with Gasteiger partial charge in [0, 0.05) is 31.0 Å². The largest absolute Gasteiger partial charge is 0.346 e. The Balaban J connectivity index is 2.01. The summed E-state index contributed by atoms with van der Waals surface area (Å²) in [7, 11) is -1.53. The van der Waals surface area contributed by atoms with Crippen LogP contribution in [0.5, 0.6) is 0 Å². The fourth-order valence-electron chi connectivity index (χ4n) is 2.53. The number of nitrogens with zero attached hydrogens (tertiary/aromatic N) is 1. The Labute approximate surface area is 128 Å². The number of hydrogen-bond acceptors (Lipinski definition) is 3. The van der Waals surface area contributed by atoms with Gasteiger partial charge < -0.3 is 9.88 Å². The number of rotatable bonds is 9. The van der Waals surface area contributed by atoms with E-state index < -0.39 is 10.0 Å². The van der Waals surface area contributed by atoms with Gasteiger partial charge >= 0.3 is 0 Å². The van der Waals surface area contributed by atoms with Gasteiger partial charge in [-0.15, -0.1) is 0 Å². The maximum atomic E-state index is 12.3. The van der Waals surface area contributed by atoms with Gasteiger partial charge in [-0.05, 0) is 45.7 Å². The molecule has 0 unspecified atom stereocenters. The van der Waals surface area contributed by atoms with Gasteiger partial charge in [0.15, 0.2) is 0 Å². The Kier molecular flexibility index (Phi) is 5.46. The van der Waals surface area contributed by atoms with Crippen LogP contribution in [0.2, 0.25) is 0 Å². The molecule has 5 nitrogen and oxygen atoms in total. The van der Waals surface area contributed by atoms with Crippen LogP contribution in [0.4, 0.5) is 0 Å². The molecule has 6 heteroatoms. The van der Waals surface area contributed by atoms with Crippen molar-refractivity contribution in [2.45, 2.75) is 57.0 Å². The SMILES string of the molecule is CNCc1cc(S(=O)(=O)NCCCC2CC2)cn1C(C)C. The first-order valence-electron chi connectivity index (χ1n) is 7.79. The fraction of sp³-hybridized carbons (Fsp3) is 0.733. The lowest BCUT2D eigenvalue weighted by atomic mass is 10.2. The lowest BCUT2D eigenvalue weighted by molar-refractivity contribution is 0.559. The minimum absolute atomic E-state index is 0.243. The zero-order valence-electron chi connectivity index (χ0n) is 13.2. The monoisotopic (exact) mass is 313 g/mol. The average Bonchev–Trinajstić information content (AvgIpc) is 3.13. The van der Waals surface area contributed by atoms with E-state index in [1.807, 2.05) is 11.6 Å². The third kappa shape index (κ3) is 4.56. The van der Waals surface area contributed by atoms with E-state index in [9.17, 15) is 8.42 Å². The molecule has 1 aliphatic carbocycles. The predicted molar refractivity (Wildman–Crippen MR) is 84.7 cm³/mol. The van der Waals surface area contributed by atoms with Crippen molar-refractivity contribution in [2.75, 3.05) is 13.6 Å². The number of sulfonamides is 1. The maximum absolute atomic E-state index is 12.3. The fourth-order valence-corrected chi connectivity index (χ4v) is 3.66. The molecule has 1 saturated carbocycles. The van der Waals surface area contributed by atoms with Crippen LogP contribution < -0.4 is 10.0 Å². The smallest absolute Gasteiger partial charge is 0.242 e. The molecule has 1 aliphatic rings. The lowest BCUT2D eigenvalue weighted by Crippen LogP contribution is -2.24. The van der Waals surface area contributed by atoms with Gasteiger partial charge in [-0.3, -0.25) is 0 Å². The summed E-state index contributed by atoms with van der Waals surface area (Å²) in [4.78, 5) is 0.368. The Bertz CT molecular complexity index is 559. The molecule has 120 valence electrons. The van der Waals surface area contributed by atoms with Gasteiger partial charge in [0.2, 0.25) is 10.0 Å². The van der Waals surface area contributed by atoms with E-state index in [2.05, 4.69) is 23.9 Å². The zero-order valence-corrected chi connectivity index (χ0v) is 14.0. The quantitative estimate of drug-likeness (QED) is 0.687. The molecule has 0 aliphatic heterocycles. The van der Waals surface area contributed by atoms with Gasteiger partial charge in [-0.2, -0.15) is 0 Å². The van der Waals surface area contributed by atoms with Crippen LogP contribution in [0.3, 0.4) is 0 Å². The van der Waals surface area contributed by atoms with Crippen LogP contribution in [-0.4, -0.2) is 26.6 Å². The third-order valence-electron chi connectivity index (χ3n) is 3.91. The number of hydrogen-bond donors (Lipinski definition) is 2. The Morgan fingerprint density at radius 3 is 2.67 bits per heavy atom. The highest BCUT2D eigenvalue weighted by atomic mass is 32.2. The molecule has 0 saturated heterocycles. The van der Waals surface area contributed by atoms with Crippen molar-refractivity contribution in [1.29, 1.82) is 0 Å². The van der Waals surface area contributed by atoms with Crippen LogP contribution in [0.1, 0.15) is 51.3 Å². The van der Waals surface area contributed by atoms with Crippen molar-refractivity contribution in [3.8, 4) is 0 Å². The summed E-state index contributed by atoms with van der Waals surface area (Å²) in [5, 5.41) is 3.08. The second-order valence-electron chi connectivity index (χ2n) is 6.18. The molecule has 0 aromatic carbocycles. The molecule has 0 amide bonds. The first kappa shape index (κ1) is 16.5. The van der Waals surface area contributed by atoms with Crippen molar-refractivity contribution in [1.82, 2.24) is 14.6 Å². The molecule has 0 spiro atoms. The molecule has 0 radical (unpaired) electrons.